The van der Waals surface area contributed by atoms with Gasteiger partial charge >= 0.3 is 5.97 Å². The van der Waals surface area contributed by atoms with E-state index in [1.165, 1.54) is 7.11 Å². The van der Waals surface area contributed by atoms with Crippen LogP contribution in [0.5, 0.6) is 0 Å². The van der Waals surface area contributed by atoms with Crippen LogP contribution in [-0.4, -0.2) is 24.7 Å². The topological polar surface area (TPSA) is 38.3 Å². The molecule has 3 nitrogen and oxygen atoms in total. The molecule has 11 heavy (non-hydrogen) atoms. The Labute approximate surface area is 68.1 Å². The molecule has 0 fully saturated rings. The number of rotatable bonds is 3. The van der Waals surface area contributed by atoms with Crippen LogP contribution in [0.2, 0.25) is 0 Å². The van der Waals surface area contributed by atoms with Crippen LogP contribution in [0.3, 0.4) is 0 Å². The molecular weight excluding hydrogens is 142 g/mol. The molecule has 0 aliphatic heterocycles. The number of ether oxygens (including phenoxy) is 1. The van der Waals surface area contributed by atoms with Gasteiger partial charge in [0, 0.05) is 6.04 Å². The van der Waals surface area contributed by atoms with Crippen molar-refractivity contribution >= 4 is 5.97 Å². The fourth-order valence-electron chi connectivity index (χ4n) is 1.04. The maximum absolute atomic E-state index is 11.1. The Morgan fingerprint density at radius 2 is 1.91 bits per heavy atom. The van der Waals surface area contributed by atoms with Gasteiger partial charge in [0.25, 0.3) is 0 Å². The van der Waals surface area contributed by atoms with Crippen LogP contribution >= 0.6 is 0 Å². The first-order valence-corrected chi connectivity index (χ1v) is 3.76. The molecule has 0 atom stereocenters. The molecule has 0 amide bonds. The van der Waals surface area contributed by atoms with Crippen molar-refractivity contribution in [3.63, 3.8) is 0 Å². The lowest BCUT2D eigenvalue weighted by Gasteiger charge is -2.25. The van der Waals surface area contributed by atoms with Gasteiger partial charge in [0.15, 0.2) is 0 Å². The van der Waals surface area contributed by atoms with Gasteiger partial charge in [-0.2, -0.15) is 0 Å². The predicted octanol–water partition coefficient (Wildman–Crippen LogP) is 0.936. The molecular formula is C8H17NO2. The third kappa shape index (κ3) is 3.37. The van der Waals surface area contributed by atoms with Crippen molar-refractivity contribution in [1.82, 2.24) is 5.32 Å². The third-order valence-electron chi connectivity index (χ3n) is 1.35. The van der Waals surface area contributed by atoms with Crippen LogP contribution in [0.1, 0.15) is 27.7 Å². The maximum Gasteiger partial charge on any atom is 0.325 e. The van der Waals surface area contributed by atoms with Crippen molar-refractivity contribution in [3.05, 3.63) is 0 Å². The largest absolute Gasteiger partial charge is 0.468 e. The van der Waals surface area contributed by atoms with Gasteiger partial charge in [-0.3, -0.25) is 4.79 Å². The number of hydrogen-bond acceptors (Lipinski definition) is 3. The van der Waals surface area contributed by atoms with Crippen LogP contribution in [-0.2, 0) is 9.53 Å². The summed E-state index contributed by atoms with van der Waals surface area (Å²) in [5, 5.41) is 3.10. The van der Waals surface area contributed by atoms with E-state index < -0.39 is 5.54 Å². The van der Waals surface area contributed by atoms with E-state index in [0.717, 1.165) is 0 Å². The van der Waals surface area contributed by atoms with E-state index >= 15 is 0 Å². The van der Waals surface area contributed by atoms with E-state index in [1.807, 2.05) is 13.8 Å². The number of carbonyl (C=O) groups excluding carboxylic acids is 1. The van der Waals surface area contributed by atoms with E-state index in [-0.39, 0.29) is 12.0 Å². The molecule has 0 heterocycles. The van der Waals surface area contributed by atoms with Crippen LogP contribution in [0, 0.1) is 0 Å². The molecule has 0 rings (SSSR count). The van der Waals surface area contributed by atoms with Gasteiger partial charge in [-0.1, -0.05) is 0 Å². The monoisotopic (exact) mass is 159 g/mol. The van der Waals surface area contributed by atoms with Crippen molar-refractivity contribution in [2.75, 3.05) is 7.11 Å². The summed E-state index contributed by atoms with van der Waals surface area (Å²) >= 11 is 0. The lowest BCUT2D eigenvalue weighted by molar-refractivity contribution is -0.147. The standard InChI is InChI=1S/C8H17NO2/c1-6(2)9-8(3,4)7(10)11-5/h6,9H,1-5H3. The fourth-order valence-corrected chi connectivity index (χ4v) is 1.04. The van der Waals surface area contributed by atoms with Crippen molar-refractivity contribution in [2.24, 2.45) is 0 Å². The lowest BCUT2D eigenvalue weighted by atomic mass is 10.1. The first-order chi connectivity index (χ1) is 4.90. The zero-order valence-corrected chi connectivity index (χ0v) is 7.89. The smallest absolute Gasteiger partial charge is 0.325 e. The minimum Gasteiger partial charge on any atom is -0.468 e. The fraction of sp³-hybridized carbons (Fsp3) is 0.875. The molecule has 0 saturated heterocycles. The summed E-state index contributed by atoms with van der Waals surface area (Å²) in [6.07, 6.45) is 0. The Morgan fingerprint density at radius 3 is 2.18 bits per heavy atom. The van der Waals surface area contributed by atoms with E-state index in [4.69, 9.17) is 0 Å². The second kappa shape index (κ2) is 3.72. The minimum atomic E-state index is -0.580. The number of methoxy groups -OCH3 is 1. The Morgan fingerprint density at radius 1 is 1.45 bits per heavy atom. The van der Waals surface area contributed by atoms with Crippen molar-refractivity contribution in [2.45, 2.75) is 39.3 Å². The third-order valence-corrected chi connectivity index (χ3v) is 1.35. The summed E-state index contributed by atoms with van der Waals surface area (Å²) < 4.78 is 4.61. The highest BCUT2D eigenvalue weighted by Gasteiger charge is 2.28. The minimum absolute atomic E-state index is 0.230. The van der Waals surface area contributed by atoms with Gasteiger partial charge in [0.05, 0.1) is 7.11 Å². The lowest BCUT2D eigenvalue weighted by Crippen LogP contribution is -2.50. The molecule has 1 N–H and O–H groups in total. The van der Waals surface area contributed by atoms with E-state index in [1.54, 1.807) is 13.8 Å². The molecule has 3 heteroatoms. The van der Waals surface area contributed by atoms with E-state index in [9.17, 15) is 4.79 Å². The van der Waals surface area contributed by atoms with E-state index in [0.29, 0.717) is 0 Å². The molecule has 0 aromatic carbocycles. The first kappa shape index (κ1) is 10.4. The van der Waals surface area contributed by atoms with Gasteiger partial charge in [-0.05, 0) is 27.7 Å². The molecule has 66 valence electrons. The molecule has 0 spiro atoms. The molecule has 0 aromatic heterocycles. The highest BCUT2D eigenvalue weighted by atomic mass is 16.5. The molecule has 0 bridgehead atoms. The highest BCUT2D eigenvalue weighted by Crippen LogP contribution is 2.05. The Balaban J connectivity index is 4.09. The summed E-state index contributed by atoms with van der Waals surface area (Å²) in [5.41, 5.74) is -0.580. The number of hydrogen-bond donors (Lipinski definition) is 1. The molecule has 0 radical (unpaired) electrons. The van der Waals surface area contributed by atoms with Crippen molar-refractivity contribution in [1.29, 1.82) is 0 Å². The SMILES string of the molecule is COC(=O)C(C)(C)NC(C)C. The van der Waals surface area contributed by atoms with Crippen LogP contribution in [0.15, 0.2) is 0 Å². The molecule has 0 aliphatic carbocycles. The van der Waals surface area contributed by atoms with Gasteiger partial charge in [-0.15, -0.1) is 0 Å². The normalized spacial score (nSPS) is 11.8. The number of nitrogens with one attached hydrogen (secondary N) is 1. The van der Waals surface area contributed by atoms with Gasteiger partial charge in [0.1, 0.15) is 5.54 Å². The van der Waals surface area contributed by atoms with Crippen molar-refractivity contribution < 1.29 is 9.53 Å². The first-order valence-electron chi connectivity index (χ1n) is 3.76. The van der Waals surface area contributed by atoms with Crippen LogP contribution in [0.4, 0.5) is 0 Å². The second-order valence-corrected chi connectivity index (χ2v) is 3.42. The Bertz CT molecular complexity index is 141. The quantitative estimate of drug-likeness (QED) is 0.623. The van der Waals surface area contributed by atoms with Crippen LogP contribution < -0.4 is 5.32 Å². The molecule has 0 saturated carbocycles. The Hall–Kier alpha value is -0.570. The average Bonchev–Trinajstić information content (AvgIpc) is 1.83. The highest BCUT2D eigenvalue weighted by molar-refractivity contribution is 5.79. The zero-order chi connectivity index (χ0) is 9.07. The maximum atomic E-state index is 11.1. The summed E-state index contributed by atoms with van der Waals surface area (Å²) in [4.78, 5) is 11.1. The van der Waals surface area contributed by atoms with Gasteiger partial charge in [0.2, 0.25) is 0 Å². The second-order valence-electron chi connectivity index (χ2n) is 3.42. The Kier molecular flexibility index (Phi) is 3.52. The number of carbonyl (C=O) groups is 1. The molecule has 0 aliphatic rings. The zero-order valence-electron chi connectivity index (χ0n) is 7.89. The molecule has 0 unspecified atom stereocenters. The van der Waals surface area contributed by atoms with Crippen molar-refractivity contribution in [3.8, 4) is 0 Å². The summed E-state index contributed by atoms with van der Waals surface area (Å²) in [6.45, 7) is 7.59. The van der Waals surface area contributed by atoms with E-state index in [2.05, 4.69) is 10.1 Å². The summed E-state index contributed by atoms with van der Waals surface area (Å²) in [6, 6.07) is 0.282. The average molecular weight is 159 g/mol. The summed E-state index contributed by atoms with van der Waals surface area (Å²) in [7, 11) is 1.39. The molecule has 0 aromatic rings. The number of esters is 1. The van der Waals surface area contributed by atoms with Gasteiger partial charge in [-0.25, -0.2) is 0 Å². The predicted molar refractivity (Wildman–Crippen MR) is 44.4 cm³/mol. The summed E-state index contributed by atoms with van der Waals surface area (Å²) in [5.74, 6) is -0.230. The van der Waals surface area contributed by atoms with Crippen LogP contribution in [0.25, 0.3) is 0 Å². The van der Waals surface area contributed by atoms with Gasteiger partial charge < -0.3 is 10.1 Å².